The van der Waals surface area contributed by atoms with Crippen molar-refractivity contribution in [1.82, 2.24) is 16.0 Å². The van der Waals surface area contributed by atoms with Crippen LogP contribution in [-0.2, 0) is 14.4 Å². The highest BCUT2D eigenvalue weighted by molar-refractivity contribution is 5.87. The van der Waals surface area contributed by atoms with Gasteiger partial charge in [-0.2, -0.15) is 0 Å². The zero-order valence-electron chi connectivity index (χ0n) is 13.5. The first-order valence-electron chi connectivity index (χ1n) is 7.89. The van der Waals surface area contributed by atoms with Gasteiger partial charge in [-0.15, -0.1) is 0 Å². The number of unbranched alkanes of at least 4 members (excludes halogenated alkanes) is 1. The summed E-state index contributed by atoms with van der Waals surface area (Å²) < 4.78 is 0. The van der Waals surface area contributed by atoms with Crippen molar-refractivity contribution >= 4 is 17.7 Å². The predicted molar refractivity (Wildman–Crippen MR) is 86.2 cm³/mol. The number of aliphatic hydroxyl groups excluding tert-OH is 1. The first kappa shape index (κ1) is 21.3. The largest absolute Gasteiger partial charge is 0.395 e. The highest BCUT2D eigenvalue weighted by atomic mass is 16.3. The average molecular weight is 331 g/mol. The smallest absolute Gasteiger partial charge is 0.242 e. The van der Waals surface area contributed by atoms with Crippen LogP contribution in [0.4, 0.5) is 0 Å². The molecule has 1 atom stereocenters. The fraction of sp³-hybridized carbons (Fsp3) is 0.786. The number of carbonyl (C=O) groups excluding carboxylic acids is 3. The Morgan fingerprint density at radius 2 is 1.57 bits per heavy atom. The Kier molecular flexibility index (Phi) is 12.9. The predicted octanol–water partition coefficient (Wildman–Crippen LogP) is -2.44. The summed E-state index contributed by atoms with van der Waals surface area (Å²) >= 11 is 0. The Hall–Kier alpha value is -1.71. The molecule has 0 rings (SSSR count). The molecule has 23 heavy (non-hydrogen) atoms. The topological polar surface area (TPSA) is 160 Å². The molecule has 0 fully saturated rings. The second-order valence-corrected chi connectivity index (χ2v) is 5.06. The quantitative estimate of drug-likeness (QED) is 0.206. The summed E-state index contributed by atoms with van der Waals surface area (Å²) in [6.45, 7) is 0.996. The van der Waals surface area contributed by atoms with Gasteiger partial charge in [0.15, 0.2) is 0 Å². The van der Waals surface area contributed by atoms with Crippen molar-refractivity contribution in [3.63, 3.8) is 0 Å². The molecule has 1 unspecified atom stereocenters. The normalized spacial score (nSPS) is 11.6. The summed E-state index contributed by atoms with van der Waals surface area (Å²) in [6.07, 6.45) is 2.23. The molecule has 0 aromatic rings. The number of amides is 3. The van der Waals surface area contributed by atoms with Gasteiger partial charge in [0.25, 0.3) is 0 Å². The van der Waals surface area contributed by atoms with Crippen LogP contribution in [0.25, 0.3) is 0 Å². The monoisotopic (exact) mass is 331 g/mol. The second kappa shape index (κ2) is 13.9. The van der Waals surface area contributed by atoms with E-state index in [4.69, 9.17) is 16.6 Å². The van der Waals surface area contributed by atoms with E-state index in [1.165, 1.54) is 0 Å². The van der Waals surface area contributed by atoms with Gasteiger partial charge in [0.1, 0.15) is 6.04 Å². The Balaban J connectivity index is 4.16. The van der Waals surface area contributed by atoms with Gasteiger partial charge >= 0.3 is 0 Å². The summed E-state index contributed by atoms with van der Waals surface area (Å²) in [5.74, 6) is -0.717. The van der Waals surface area contributed by atoms with E-state index in [9.17, 15) is 14.4 Å². The standard InChI is InChI=1S/C14H29N5O4/c15-6-4-12(21)17-8-2-1-3-11(14(23)18-9-10-20)19-13(22)5-7-16/h11,20H,1-10,15-16H2,(H,17,21)(H,18,23)(H,19,22). The van der Waals surface area contributed by atoms with Crippen LogP contribution in [0.1, 0.15) is 32.1 Å². The highest BCUT2D eigenvalue weighted by Gasteiger charge is 2.19. The number of rotatable bonds is 13. The molecule has 0 aromatic heterocycles. The molecule has 8 N–H and O–H groups in total. The maximum atomic E-state index is 11.9. The molecule has 0 aliphatic rings. The van der Waals surface area contributed by atoms with Gasteiger partial charge in [-0.25, -0.2) is 0 Å². The number of hydrogen-bond acceptors (Lipinski definition) is 6. The minimum absolute atomic E-state index is 0.0963. The van der Waals surface area contributed by atoms with E-state index in [-0.39, 0.29) is 43.8 Å². The van der Waals surface area contributed by atoms with Gasteiger partial charge < -0.3 is 32.5 Å². The number of aliphatic hydroxyl groups is 1. The molecule has 0 aromatic carbocycles. The van der Waals surface area contributed by atoms with Crippen molar-refractivity contribution in [2.75, 3.05) is 32.8 Å². The molecule has 0 saturated carbocycles. The van der Waals surface area contributed by atoms with Crippen LogP contribution in [0.2, 0.25) is 0 Å². The average Bonchev–Trinajstić information content (AvgIpc) is 2.51. The third-order valence-electron chi connectivity index (χ3n) is 3.05. The molecule has 0 saturated heterocycles. The Morgan fingerprint density at radius 1 is 0.913 bits per heavy atom. The highest BCUT2D eigenvalue weighted by Crippen LogP contribution is 2.02. The fourth-order valence-electron chi connectivity index (χ4n) is 1.89. The molecular formula is C14H29N5O4. The van der Waals surface area contributed by atoms with Crippen LogP contribution in [-0.4, -0.2) is 61.7 Å². The summed E-state index contributed by atoms with van der Waals surface area (Å²) in [4.78, 5) is 34.8. The lowest BCUT2D eigenvalue weighted by molar-refractivity contribution is -0.129. The van der Waals surface area contributed by atoms with Gasteiger partial charge in [0, 0.05) is 39.0 Å². The third-order valence-corrected chi connectivity index (χ3v) is 3.05. The fourth-order valence-corrected chi connectivity index (χ4v) is 1.89. The van der Waals surface area contributed by atoms with Crippen molar-refractivity contribution in [2.24, 2.45) is 11.5 Å². The van der Waals surface area contributed by atoms with Crippen LogP contribution in [0, 0.1) is 0 Å². The van der Waals surface area contributed by atoms with Crippen LogP contribution in [0.15, 0.2) is 0 Å². The number of nitrogens with two attached hydrogens (primary N) is 2. The van der Waals surface area contributed by atoms with Crippen LogP contribution in [0.5, 0.6) is 0 Å². The van der Waals surface area contributed by atoms with Crippen molar-refractivity contribution in [3.8, 4) is 0 Å². The maximum absolute atomic E-state index is 11.9. The molecule has 3 amide bonds. The van der Waals surface area contributed by atoms with Gasteiger partial charge in [-0.3, -0.25) is 14.4 Å². The molecule has 0 aliphatic carbocycles. The number of nitrogens with one attached hydrogen (secondary N) is 3. The summed E-state index contributed by atoms with van der Waals surface area (Å²) in [5.41, 5.74) is 10.6. The minimum atomic E-state index is -0.666. The zero-order chi connectivity index (χ0) is 17.5. The van der Waals surface area contributed by atoms with Crippen LogP contribution < -0.4 is 27.4 Å². The van der Waals surface area contributed by atoms with E-state index in [2.05, 4.69) is 16.0 Å². The lowest BCUT2D eigenvalue weighted by Gasteiger charge is -2.18. The lowest BCUT2D eigenvalue weighted by atomic mass is 10.1. The second-order valence-electron chi connectivity index (χ2n) is 5.06. The van der Waals surface area contributed by atoms with Gasteiger partial charge in [0.05, 0.1) is 6.61 Å². The minimum Gasteiger partial charge on any atom is -0.395 e. The Morgan fingerprint density at radius 3 is 2.17 bits per heavy atom. The molecule has 9 heteroatoms. The van der Waals surface area contributed by atoms with E-state index in [1.807, 2.05) is 0 Å². The lowest BCUT2D eigenvalue weighted by Crippen LogP contribution is -2.47. The third kappa shape index (κ3) is 11.5. The summed E-state index contributed by atoms with van der Waals surface area (Å²) in [7, 11) is 0. The van der Waals surface area contributed by atoms with Crippen molar-refractivity contribution < 1.29 is 19.5 Å². The molecule has 0 spiro atoms. The molecular weight excluding hydrogens is 302 g/mol. The SMILES string of the molecule is NCCC(=O)NCCCCC(NC(=O)CCN)C(=O)NCCO. The van der Waals surface area contributed by atoms with Crippen LogP contribution in [0.3, 0.4) is 0 Å². The van der Waals surface area contributed by atoms with E-state index in [1.54, 1.807) is 0 Å². The number of carbonyl (C=O) groups is 3. The van der Waals surface area contributed by atoms with Crippen LogP contribution >= 0.6 is 0 Å². The summed E-state index contributed by atoms with van der Waals surface area (Å²) in [6, 6.07) is -0.666. The van der Waals surface area contributed by atoms with E-state index in [0.717, 1.165) is 0 Å². The van der Waals surface area contributed by atoms with E-state index >= 15 is 0 Å². The molecule has 9 nitrogen and oxygen atoms in total. The van der Waals surface area contributed by atoms with Crippen molar-refractivity contribution in [3.05, 3.63) is 0 Å². The first-order chi connectivity index (χ1) is 11.0. The maximum Gasteiger partial charge on any atom is 0.242 e. The Labute approximate surface area is 136 Å². The Bertz CT molecular complexity index is 365. The van der Waals surface area contributed by atoms with Gasteiger partial charge in [-0.05, 0) is 19.3 Å². The first-order valence-corrected chi connectivity index (χ1v) is 7.89. The van der Waals surface area contributed by atoms with Crippen molar-refractivity contribution in [1.29, 1.82) is 0 Å². The molecule has 0 aliphatic heterocycles. The van der Waals surface area contributed by atoms with Gasteiger partial charge in [-0.1, -0.05) is 0 Å². The molecule has 0 bridgehead atoms. The number of hydrogen-bond donors (Lipinski definition) is 6. The van der Waals surface area contributed by atoms with Crippen molar-refractivity contribution in [2.45, 2.75) is 38.1 Å². The van der Waals surface area contributed by atoms with E-state index in [0.29, 0.717) is 38.8 Å². The summed E-state index contributed by atoms with van der Waals surface area (Å²) in [5, 5.41) is 16.6. The zero-order valence-corrected chi connectivity index (χ0v) is 13.5. The molecule has 0 heterocycles. The molecule has 0 radical (unpaired) electrons. The molecule has 134 valence electrons. The van der Waals surface area contributed by atoms with E-state index < -0.39 is 6.04 Å². The van der Waals surface area contributed by atoms with Gasteiger partial charge in [0.2, 0.25) is 17.7 Å².